The molecule has 1 aromatic heterocycles. The van der Waals surface area contributed by atoms with E-state index >= 15 is 0 Å². The monoisotopic (exact) mass is 407 g/mol. The van der Waals surface area contributed by atoms with Gasteiger partial charge in [0.2, 0.25) is 5.95 Å². The van der Waals surface area contributed by atoms with Gasteiger partial charge in [-0.1, -0.05) is 6.07 Å². The van der Waals surface area contributed by atoms with Gasteiger partial charge in [0.25, 0.3) is 5.56 Å². The van der Waals surface area contributed by atoms with E-state index in [0.717, 1.165) is 17.7 Å². The van der Waals surface area contributed by atoms with Gasteiger partial charge in [-0.05, 0) is 36.2 Å². The maximum Gasteiger partial charge on any atom is 0.274 e. The Labute approximate surface area is 163 Å². The lowest BCUT2D eigenvalue weighted by Crippen LogP contribution is -2.16. The van der Waals surface area contributed by atoms with Gasteiger partial charge >= 0.3 is 0 Å². The third-order valence-corrected chi connectivity index (χ3v) is 4.28. The topological polar surface area (TPSA) is 56.1 Å². The minimum Gasteiger partial charge on any atom is -0.426 e. The highest BCUT2D eigenvalue weighted by molar-refractivity contribution is 7.94. The van der Waals surface area contributed by atoms with Crippen molar-refractivity contribution >= 4 is 23.7 Å². The highest BCUT2D eigenvalue weighted by Crippen LogP contribution is 2.26. The third kappa shape index (κ3) is 4.48. The molecule has 0 saturated heterocycles. The van der Waals surface area contributed by atoms with Gasteiger partial charge in [0.15, 0.2) is 17.5 Å². The van der Waals surface area contributed by atoms with E-state index in [9.17, 15) is 18.0 Å². The van der Waals surface area contributed by atoms with Gasteiger partial charge in [0, 0.05) is 30.3 Å². The van der Waals surface area contributed by atoms with E-state index in [-0.39, 0.29) is 18.1 Å². The molecule has 0 aliphatic carbocycles. The molecule has 28 heavy (non-hydrogen) atoms. The molecule has 3 rings (SSSR count). The fourth-order valence-corrected chi connectivity index (χ4v) is 2.85. The molecule has 9 heteroatoms. The van der Waals surface area contributed by atoms with Gasteiger partial charge in [0.05, 0.1) is 18.6 Å². The predicted octanol–water partition coefficient (Wildman–Crippen LogP) is 4.42. The van der Waals surface area contributed by atoms with Crippen LogP contribution < -0.4 is 15.1 Å². The van der Waals surface area contributed by atoms with Crippen molar-refractivity contribution in [2.75, 3.05) is 11.6 Å². The molecule has 3 aromatic rings. The summed E-state index contributed by atoms with van der Waals surface area (Å²) in [6.45, 7) is 1.84. The maximum absolute atomic E-state index is 13.5. The molecular weight excluding hydrogens is 391 g/mol. The Hall–Kier alpha value is -2.94. The maximum atomic E-state index is 13.5. The van der Waals surface area contributed by atoms with Crippen molar-refractivity contribution in [2.45, 2.75) is 13.5 Å². The number of benzene rings is 2. The van der Waals surface area contributed by atoms with E-state index in [2.05, 4.69) is 10.3 Å². The SMILES string of the molecule is CSOc1ccc(C)c(Nc2nc(=O)ccn2Cc2cc(F)c(F)c(F)c2)c1. The van der Waals surface area contributed by atoms with Crippen LogP contribution in [0.2, 0.25) is 0 Å². The van der Waals surface area contributed by atoms with Crippen molar-refractivity contribution in [2.24, 2.45) is 0 Å². The lowest BCUT2D eigenvalue weighted by Gasteiger charge is -2.16. The smallest absolute Gasteiger partial charge is 0.274 e. The van der Waals surface area contributed by atoms with Crippen molar-refractivity contribution in [1.29, 1.82) is 0 Å². The zero-order valence-corrected chi connectivity index (χ0v) is 15.8. The van der Waals surface area contributed by atoms with Crippen molar-refractivity contribution in [1.82, 2.24) is 9.55 Å². The average molecular weight is 407 g/mol. The van der Waals surface area contributed by atoms with Crippen LogP contribution in [0.25, 0.3) is 0 Å². The minimum absolute atomic E-state index is 0.0240. The molecule has 146 valence electrons. The van der Waals surface area contributed by atoms with Crippen molar-refractivity contribution < 1.29 is 17.4 Å². The molecule has 0 amide bonds. The van der Waals surface area contributed by atoms with E-state index in [4.69, 9.17) is 4.18 Å². The molecule has 5 nitrogen and oxygen atoms in total. The molecule has 1 heterocycles. The van der Waals surface area contributed by atoms with E-state index in [0.29, 0.717) is 11.4 Å². The summed E-state index contributed by atoms with van der Waals surface area (Å²) >= 11 is 1.19. The summed E-state index contributed by atoms with van der Waals surface area (Å²) in [5, 5.41) is 3.04. The van der Waals surface area contributed by atoms with E-state index in [1.807, 2.05) is 13.0 Å². The zero-order valence-electron chi connectivity index (χ0n) is 15.0. The fraction of sp³-hybridized carbons (Fsp3) is 0.158. The Morgan fingerprint density at radius 3 is 2.54 bits per heavy atom. The van der Waals surface area contributed by atoms with E-state index < -0.39 is 23.0 Å². The summed E-state index contributed by atoms with van der Waals surface area (Å²) < 4.78 is 47.1. The quantitative estimate of drug-likeness (QED) is 0.484. The summed E-state index contributed by atoms with van der Waals surface area (Å²) in [7, 11) is 0. The lowest BCUT2D eigenvalue weighted by atomic mass is 10.2. The highest BCUT2D eigenvalue weighted by Gasteiger charge is 2.13. The van der Waals surface area contributed by atoms with Crippen LogP contribution in [0.3, 0.4) is 0 Å². The molecule has 0 bridgehead atoms. The lowest BCUT2D eigenvalue weighted by molar-refractivity contribution is 0.444. The summed E-state index contributed by atoms with van der Waals surface area (Å²) in [6.07, 6.45) is 3.22. The molecule has 0 aliphatic heterocycles. The first-order valence-electron chi connectivity index (χ1n) is 8.16. The van der Waals surface area contributed by atoms with Crippen LogP contribution in [0.4, 0.5) is 24.8 Å². The van der Waals surface area contributed by atoms with Gasteiger partial charge in [-0.3, -0.25) is 4.79 Å². The van der Waals surface area contributed by atoms with Gasteiger partial charge in [-0.25, -0.2) is 13.2 Å². The van der Waals surface area contributed by atoms with Gasteiger partial charge in [-0.2, -0.15) is 4.98 Å². The Bertz CT molecular complexity index is 1050. The molecule has 1 N–H and O–H groups in total. The first-order chi connectivity index (χ1) is 13.4. The number of aromatic nitrogens is 2. The third-order valence-electron chi connectivity index (χ3n) is 3.92. The molecular formula is C19H16F3N3O2S. The van der Waals surface area contributed by atoms with Gasteiger partial charge < -0.3 is 14.1 Å². The summed E-state index contributed by atoms with van der Waals surface area (Å²) in [5.74, 6) is -3.32. The summed E-state index contributed by atoms with van der Waals surface area (Å²) in [4.78, 5) is 15.7. The second-order valence-electron chi connectivity index (χ2n) is 5.94. The first-order valence-corrected chi connectivity index (χ1v) is 9.31. The number of halogens is 3. The van der Waals surface area contributed by atoms with Crippen LogP contribution in [-0.4, -0.2) is 15.8 Å². The summed E-state index contributed by atoms with van der Waals surface area (Å²) in [5.41, 5.74) is 1.22. The van der Waals surface area contributed by atoms with Gasteiger partial charge in [-0.15, -0.1) is 0 Å². The standard InChI is InChI=1S/C19H16F3N3O2S/c1-11-3-4-13(27-28-2)9-16(11)23-19-24-17(26)5-6-25(19)10-12-7-14(20)18(22)15(21)8-12/h3-9H,10H2,1-2H3,(H,23,24,26). The van der Waals surface area contributed by atoms with E-state index in [1.54, 1.807) is 18.4 Å². The van der Waals surface area contributed by atoms with Crippen LogP contribution in [0.5, 0.6) is 5.75 Å². The van der Waals surface area contributed by atoms with Crippen LogP contribution in [-0.2, 0) is 6.54 Å². The molecule has 0 aliphatic rings. The van der Waals surface area contributed by atoms with Crippen LogP contribution in [0.1, 0.15) is 11.1 Å². The normalized spacial score (nSPS) is 10.8. The zero-order chi connectivity index (χ0) is 20.3. The van der Waals surface area contributed by atoms with Gasteiger partial charge in [0.1, 0.15) is 5.75 Å². The van der Waals surface area contributed by atoms with Crippen LogP contribution in [0, 0.1) is 24.4 Å². The molecule has 0 fully saturated rings. The second-order valence-corrected chi connectivity index (χ2v) is 6.44. The Morgan fingerprint density at radius 1 is 1.14 bits per heavy atom. The number of anilines is 2. The van der Waals surface area contributed by atoms with E-state index in [1.165, 1.54) is 28.9 Å². The van der Waals surface area contributed by atoms with Crippen molar-refractivity contribution in [3.8, 4) is 5.75 Å². The molecule has 0 unspecified atom stereocenters. The Balaban J connectivity index is 1.96. The molecule has 0 saturated carbocycles. The average Bonchev–Trinajstić information content (AvgIpc) is 2.65. The fourth-order valence-electron chi connectivity index (χ4n) is 2.56. The van der Waals surface area contributed by atoms with Crippen molar-refractivity contribution in [3.63, 3.8) is 0 Å². The minimum atomic E-state index is -1.53. The van der Waals surface area contributed by atoms with Crippen molar-refractivity contribution in [3.05, 3.63) is 81.5 Å². The first kappa shape index (κ1) is 19.8. The largest absolute Gasteiger partial charge is 0.426 e. The summed E-state index contributed by atoms with van der Waals surface area (Å²) in [6, 6.07) is 8.40. The highest BCUT2D eigenvalue weighted by atomic mass is 32.2. The number of nitrogens with one attached hydrogen (secondary N) is 1. The number of hydrogen-bond acceptors (Lipinski definition) is 5. The van der Waals surface area contributed by atoms with Crippen LogP contribution in [0.15, 0.2) is 47.4 Å². The number of hydrogen-bond donors (Lipinski definition) is 1. The molecule has 2 aromatic carbocycles. The number of aryl methyl sites for hydroxylation is 1. The number of rotatable bonds is 6. The van der Waals surface area contributed by atoms with Crippen LogP contribution >= 0.6 is 12.0 Å². The molecule has 0 radical (unpaired) electrons. The Kier molecular flexibility index (Phi) is 5.93. The second kappa shape index (κ2) is 8.39. The molecule has 0 atom stereocenters. The molecule has 0 spiro atoms. The number of nitrogens with zero attached hydrogens (tertiary/aromatic N) is 2. The predicted molar refractivity (Wildman–Crippen MR) is 103 cm³/mol. The Morgan fingerprint density at radius 2 is 1.86 bits per heavy atom.